The number of carbonyl (C=O) groups excluding carboxylic acids is 3. The van der Waals surface area contributed by atoms with Gasteiger partial charge in [-0.2, -0.15) is 11.8 Å². The number of hydrogen-bond donors (Lipinski definition) is 4. The van der Waals surface area contributed by atoms with Gasteiger partial charge >= 0.3 is 11.7 Å². The zero-order valence-corrected chi connectivity index (χ0v) is 27.7. The molecule has 4 amide bonds. The van der Waals surface area contributed by atoms with Crippen molar-refractivity contribution in [2.75, 3.05) is 65.1 Å². The second-order valence-electron chi connectivity index (χ2n) is 11.6. The highest BCUT2D eigenvalue weighted by Gasteiger charge is 2.42. The molecule has 0 spiro atoms. The highest BCUT2D eigenvalue weighted by atomic mass is 32.2. The number of amides is 4. The molecule has 3 aromatic rings. The van der Waals surface area contributed by atoms with Gasteiger partial charge in [0.25, 0.3) is 0 Å². The molecule has 0 aliphatic carbocycles. The van der Waals surface area contributed by atoms with Crippen LogP contribution in [0.4, 0.5) is 4.79 Å². The van der Waals surface area contributed by atoms with Crippen LogP contribution in [0.2, 0.25) is 0 Å². The fourth-order valence-corrected chi connectivity index (χ4v) is 7.21. The minimum Gasteiger partial charge on any atom is -0.486 e. The maximum atomic E-state index is 12.2. The number of rotatable bonds is 22. The summed E-state index contributed by atoms with van der Waals surface area (Å²) in [6.45, 7) is 3.52. The first-order chi connectivity index (χ1) is 23.5. The molecule has 3 unspecified atom stereocenters. The molecular weight excluding hydrogens is 644 g/mol. The minimum absolute atomic E-state index is 0.0234. The number of thioether (sulfide) groups is 1. The second-order valence-corrected chi connectivity index (χ2v) is 12.8. The van der Waals surface area contributed by atoms with Crippen LogP contribution in [0.15, 0.2) is 44.2 Å². The number of unbranched alkanes of at least 4 members (excludes halogenated alkanes) is 1. The maximum absolute atomic E-state index is 12.2. The van der Waals surface area contributed by atoms with Gasteiger partial charge in [-0.3, -0.25) is 9.59 Å². The summed E-state index contributed by atoms with van der Waals surface area (Å²) in [5.74, 6) is 1.21. The Balaban J connectivity index is 0.788. The van der Waals surface area contributed by atoms with Crippen LogP contribution >= 0.6 is 11.8 Å². The van der Waals surface area contributed by atoms with Gasteiger partial charge in [0, 0.05) is 53.8 Å². The highest BCUT2D eigenvalue weighted by Crippen LogP contribution is 2.35. The van der Waals surface area contributed by atoms with E-state index in [0.29, 0.717) is 87.7 Å². The van der Waals surface area contributed by atoms with Gasteiger partial charge in [0.2, 0.25) is 17.6 Å². The van der Waals surface area contributed by atoms with E-state index in [9.17, 15) is 19.2 Å². The summed E-state index contributed by atoms with van der Waals surface area (Å²) in [5.41, 5.74) is 0.331. The van der Waals surface area contributed by atoms with Gasteiger partial charge in [0.15, 0.2) is 11.2 Å². The number of carbonyl (C=O) groups is 3. The first kappa shape index (κ1) is 35.5. The van der Waals surface area contributed by atoms with Gasteiger partial charge in [-0.25, -0.2) is 9.59 Å². The van der Waals surface area contributed by atoms with Crippen LogP contribution in [0.25, 0.3) is 21.9 Å². The monoisotopic (exact) mass is 688 g/mol. The molecule has 0 radical (unpaired) electrons. The van der Waals surface area contributed by atoms with Crippen molar-refractivity contribution in [2.24, 2.45) is 0 Å². The lowest BCUT2D eigenvalue weighted by Crippen LogP contribution is -2.36. The van der Waals surface area contributed by atoms with Crippen molar-refractivity contribution in [3.8, 4) is 5.75 Å². The number of benzene rings is 1. The van der Waals surface area contributed by atoms with E-state index in [-0.39, 0.29) is 43.0 Å². The van der Waals surface area contributed by atoms with E-state index in [1.54, 1.807) is 12.3 Å². The quantitative estimate of drug-likeness (QED) is 0.0693. The molecule has 262 valence electrons. The molecule has 1 aromatic carbocycles. The molecule has 4 heterocycles. The van der Waals surface area contributed by atoms with E-state index < -0.39 is 5.63 Å². The average molecular weight is 689 g/mol. The van der Waals surface area contributed by atoms with Crippen LogP contribution in [0, 0.1) is 0 Å². The van der Waals surface area contributed by atoms with Crippen molar-refractivity contribution in [2.45, 2.75) is 55.9 Å². The van der Waals surface area contributed by atoms with E-state index in [1.807, 2.05) is 23.9 Å². The van der Waals surface area contributed by atoms with Crippen LogP contribution in [0.1, 0.15) is 38.5 Å². The standard InChI is InChI=1S/C33H44N4O10S/c38-26(5-2-1-4-25-29-24(21-48-25)36-33(41)37-29)34-10-14-42-16-18-44-19-17-43-15-11-35-27(39)6-3-12-45-32-30-23(9-13-46-30)20-22-7-8-28(40)47-31(22)32/h7-9,13,20,24-25,29H,1-6,10-12,14-19,21H2,(H,34,38)(H,35,39)(H2,36,37,41). The van der Waals surface area contributed by atoms with Crippen LogP contribution in [0.3, 0.4) is 0 Å². The van der Waals surface area contributed by atoms with E-state index in [2.05, 4.69) is 21.3 Å². The van der Waals surface area contributed by atoms with E-state index in [0.717, 1.165) is 35.8 Å². The Bertz CT molecular complexity index is 1560. The molecule has 0 bridgehead atoms. The molecule has 2 aliphatic rings. The third-order valence-corrected chi connectivity index (χ3v) is 9.55. The maximum Gasteiger partial charge on any atom is 0.336 e. The van der Waals surface area contributed by atoms with Crippen molar-refractivity contribution in [1.29, 1.82) is 0 Å². The smallest absolute Gasteiger partial charge is 0.336 e. The normalized spacial score (nSPS) is 18.5. The molecule has 3 atom stereocenters. The first-order valence-electron chi connectivity index (χ1n) is 16.5. The zero-order valence-electron chi connectivity index (χ0n) is 26.9. The Hall–Kier alpha value is -3.79. The predicted molar refractivity (Wildman–Crippen MR) is 179 cm³/mol. The summed E-state index contributed by atoms with van der Waals surface area (Å²) in [6.07, 6.45) is 5.55. The number of fused-ring (bicyclic) bond motifs is 3. The van der Waals surface area contributed by atoms with Crippen LogP contribution in [-0.4, -0.2) is 100 Å². The van der Waals surface area contributed by atoms with Crippen molar-refractivity contribution in [3.05, 3.63) is 40.9 Å². The molecule has 2 saturated heterocycles. The van der Waals surface area contributed by atoms with Gasteiger partial charge < -0.3 is 49.0 Å². The van der Waals surface area contributed by atoms with Crippen LogP contribution in [0.5, 0.6) is 5.75 Å². The van der Waals surface area contributed by atoms with Crippen molar-refractivity contribution >= 4 is 51.5 Å². The Labute approximate surface area is 282 Å². The lowest BCUT2D eigenvalue weighted by Gasteiger charge is -2.16. The fraction of sp³-hybridized carbons (Fsp3) is 0.576. The average Bonchev–Trinajstić information content (AvgIpc) is 3.79. The lowest BCUT2D eigenvalue weighted by atomic mass is 10.0. The Morgan fingerprint density at radius 2 is 1.50 bits per heavy atom. The third-order valence-electron chi connectivity index (χ3n) is 8.04. The fourth-order valence-electron chi connectivity index (χ4n) is 5.66. The van der Waals surface area contributed by atoms with Crippen LogP contribution in [-0.2, 0) is 23.8 Å². The number of nitrogens with one attached hydrogen (secondary N) is 4. The molecule has 48 heavy (non-hydrogen) atoms. The molecule has 2 aliphatic heterocycles. The first-order valence-corrected chi connectivity index (χ1v) is 17.5. The van der Waals surface area contributed by atoms with Crippen molar-refractivity contribution in [1.82, 2.24) is 21.3 Å². The summed E-state index contributed by atoms with van der Waals surface area (Å²) in [5, 5.41) is 13.6. The molecule has 5 rings (SSSR count). The minimum atomic E-state index is -0.480. The molecule has 15 heteroatoms. The Kier molecular flexibility index (Phi) is 13.8. The number of ether oxygens (including phenoxy) is 4. The number of furan rings is 1. The van der Waals surface area contributed by atoms with Gasteiger partial charge in [-0.1, -0.05) is 6.42 Å². The molecular formula is C33H44N4O10S. The third kappa shape index (κ3) is 10.6. The van der Waals surface area contributed by atoms with Gasteiger partial charge in [-0.05, 0) is 37.5 Å². The van der Waals surface area contributed by atoms with Gasteiger partial charge in [0.1, 0.15) is 0 Å². The summed E-state index contributed by atoms with van der Waals surface area (Å²) in [6, 6.07) is 7.08. The van der Waals surface area contributed by atoms with Crippen LogP contribution < -0.4 is 31.6 Å². The predicted octanol–water partition coefficient (Wildman–Crippen LogP) is 2.71. The zero-order chi connectivity index (χ0) is 33.6. The Morgan fingerprint density at radius 3 is 2.25 bits per heavy atom. The molecule has 2 fully saturated rings. The van der Waals surface area contributed by atoms with E-state index >= 15 is 0 Å². The van der Waals surface area contributed by atoms with E-state index in [4.69, 9.17) is 27.8 Å². The van der Waals surface area contributed by atoms with Crippen molar-refractivity contribution < 1.29 is 42.2 Å². The summed E-state index contributed by atoms with van der Waals surface area (Å²) >= 11 is 1.89. The Morgan fingerprint density at radius 1 is 0.812 bits per heavy atom. The van der Waals surface area contributed by atoms with Gasteiger partial charge in [-0.15, -0.1) is 0 Å². The highest BCUT2D eigenvalue weighted by molar-refractivity contribution is 8.00. The summed E-state index contributed by atoms with van der Waals surface area (Å²) in [7, 11) is 0. The number of hydrogen-bond acceptors (Lipinski definition) is 11. The SMILES string of the molecule is O=C(CCCCC1SCC2NC(=O)NC21)NCCOCCOCCOCCNC(=O)CCCOc1c2occc2cc2ccc(=O)oc12. The molecule has 4 N–H and O–H groups in total. The lowest BCUT2D eigenvalue weighted by molar-refractivity contribution is -0.122. The molecule has 0 saturated carbocycles. The largest absolute Gasteiger partial charge is 0.486 e. The molecule has 14 nitrogen and oxygen atoms in total. The second kappa shape index (κ2) is 18.7. The summed E-state index contributed by atoms with van der Waals surface area (Å²) in [4.78, 5) is 47.4. The van der Waals surface area contributed by atoms with Crippen molar-refractivity contribution in [3.63, 3.8) is 0 Å². The molecule has 2 aromatic heterocycles. The number of urea groups is 1. The van der Waals surface area contributed by atoms with Gasteiger partial charge in [0.05, 0.1) is 64.6 Å². The summed E-state index contributed by atoms with van der Waals surface area (Å²) < 4.78 is 33.2. The topological polar surface area (TPSA) is 180 Å². The van der Waals surface area contributed by atoms with E-state index in [1.165, 1.54) is 6.07 Å².